The number of rotatable bonds is 4. The number of piperazine rings is 1. The molecule has 2 aliphatic heterocycles. The van der Waals surface area contributed by atoms with E-state index in [1.54, 1.807) is 4.90 Å². The Balaban J connectivity index is 1.85. The first kappa shape index (κ1) is 16.7. The van der Waals surface area contributed by atoms with Crippen molar-refractivity contribution in [3.8, 4) is 5.88 Å². The molecular formula is C14H17F3N4O3. The average molecular weight is 346 g/mol. The number of pyridine rings is 1. The summed E-state index contributed by atoms with van der Waals surface area (Å²) in [6.07, 6.45) is -2.95. The van der Waals surface area contributed by atoms with E-state index in [4.69, 9.17) is 4.74 Å². The van der Waals surface area contributed by atoms with Crippen LogP contribution < -0.4 is 9.64 Å². The van der Waals surface area contributed by atoms with Gasteiger partial charge in [-0.2, -0.15) is 18.2 Å². The zero-order chi connectivity index (χ0) is 17.5. The second-order valence-electron chi connectivity index (χ2n) is 6.03. The molecule has 7 nitrogen and oxygen atoms in total. The topological polar surface area (TPSA) is 71.7 Å². The summed E-state index contributed by atoms with van der Waals surface area (Å²) >= 11 is 0. The van der Waals surface area contributed by atoms with E-state index in [9.17, 15) is 23.3 Å². The van der Waals surface area contributed by atoms with Crippen molar-refractivity contribution >= 4 is 11.5 Å². The van der Waals surface area contributed by atoms with Crippen molar-refractivity contribution in [2.24, 2.45) is 0 Å². The van der Waals surface area contributed by atoms with Crippen LogP contribution >= 0.6 is 0 Å². The number of alkyl halides is 3. The first-order valence-corrected chi connectivity index (χ1v) is 7.55. The highest BCUT2D eigenvalue weighted by molar-refractivity contribution is 5.59. The number of aromatic nitrogens is 1. The molecule has 2 atom stereocenters. The lowest BCUT2D eigenvalue weighted by Crippen LogP contribution is -2.56. The van der Waals surface area contributed by atoms with Gasteiger partial charge in [0.25, 0.3) is 0 Å². The van der Waals surface area contributed by atoms with Crippen molar-refractivity contribution in [3.05, 3.63) is 22.2 Å². The molecule has 0 spiro atoms. The number of methoxy groups -OCH3 is 1. The standard InChI is InChI=1S/C14H17F3N4O3/c1-24-12-5-4-11(21(22)23)13(18-12)19-6-9-2-3-10(7-19)20(9)8-14(15,16)17/h4-5,9-10H,2-3,6-8H2,1H3. The van der Waals surface area contributed by atoms with Crippen LogP contribution in [0.5, 0.6) is 5.88 Å². The van der Waals surface area contributed by atoms with Crippen LogP contribution in [0.1, 0.15) is 12.8 Å². The fourth-order valence-corrected chi connectivity index (χ4v) is 3.54. The largest absolute Gasteiger partial charge is 0.481 e. The molecule has 2 fully saturated rings. The molecule has 0 radical (unpaired) electrons. The number of anilines is 1. The quantitative estimate of drug-likeness (QED) is 0.615. The number of nitro groups is 1. The van der Waals surface area contributed by atoms with Crippen LogP contribution in [-0.2, 0) is 0 Å². The molecule has 2 bridgehead atoms. The van der Waals surface area contributed by atoms with Crippen LogP contribution in [0.25, 0.3) is 0 Å². The molecule has 3 heterocycles. The van der Waals surface area contributed by atoms with Crippen molar-refractivity contribution in [1.82, 2.24) is 9.88 Å². The number of ether oxygens (including phenoxy) is 1. The van der Waals surface area contributed by atoms with Crippen molar-refractivity contribution in [1.29, 1.82) is 0 Å². The molecule has 0 saturated carbocycles. The van der Waals surface area contributed by atoms with Gasteiger partial charge < -0.3 is 9.64 Å². The third-order valence-electron chi connectivity index (χ3n) is 4.53. The van der Waals surface area contributed by atoms with Gasteiger partial charge in [-0.25, -0.2) is 0 Å². The lowest BCUT2D eigenvalue weighted by Gasteiger charge is -2.41. The molecule has 2 aliphatic rings. The molecule has 24 heavy (non-hydrogen) atoms. The Kier molecular flexibility index (Phi) is 4.24. The number of hydrogen-bond acceptors (Lipinski definition) is 6. The molecule has 0 N–H and O–H groups in total. The van der Waals surface area contributed by atoms with E-state index in [0.29, 0.717) is 12.8 Å². The van der Waals surface area contributed by atoms with Crippen LogP contribution in [0.4, 0.5) is 24.7 Å². The van der Waals surface area contributed by atoms with Crippen molar-refractivity contribution in [2.45, 2.75) is 31.1 Å². The molecule has 0 aliphatic carbocycles. The lowest BCUT2D eigenvalue weighted by atomic mass is 10.1. The van der Waals surface area contributed by atoms with Gasteiger partial charge >= 0.3 is 11.9 Å². The van der Waals surface area contributed by atoms with E-state index in [2.05, 4.69) is 4.98 Å². The summed E-state index contributed by atoms with van der Waals surface area (Å²) in [4.78, 5) is 18.0. The number of fused-ring (bicyclic) bond motifs is 2. The van der Waals surface area contributed by atoms with E-state index in [1.165, 1.54) is 24.1 Å². The Hall–Kier alpha value is -2.10. The van der Waals surface area contributed by atoms with Crippen LogP contribution in [0.2, 0.25) is 0 Å². The van der Waals surface area contributed by atoms with Crippen molar-refractivity contribution < 1.29 is 22.8 Å². The van der Waals surface area contributed by atoms with Gasteiger partial charge in [-0.3, -0.25) is 15.0 Å². The maximum Gasteiger partial charge on any atom is 0.401 e. The van der Waals surface area contributed by atoms with Crippen LogP contribution in [-0.4, -0.2) is 59.8 Å². The molecule has 2 saturated heterocycles. The van der Waals surface area contributed by atoms with Gasteiger partial charge in [-0.05, 0) is 12.8 Å². The summed E-state index contributed by atoms with van der Waals surface area (Å²) in [5, 5.41) is 11.2. The average Bonchev–Trinajstić information content (AvgIpc) is 2.73. The number of nitrogens with zero attached hydrogens (tertiary/aromatic N) is 4. The van der Waals surface area contributed by atoms with Gasteiger partial charge in [0, 0.05) is 37.3 Å². The van der Waals surface area contributed by atoms with E-state index in [0.717, 1.165) is 0 Å². The second-order valence-corrected chi connectivity index (χ2v) is 6.03. The molecule has 1 aromatic heterocycles. The summed E-state index contributed by atoms with van der Waals surface area (Å²) in [5.41, 5.74) is -0.167. The summed E-state index contributed by atoms with van der Waals surface area (Å²) in [6.45, 7) is -0.370. The first-order chi connectivity index (χ1) is 11.3. The van der Waals surface area contributed by atoms with Gasteiger partial charge in [-0.1, -0.05) is 0 Å². The van der Waals surface area contributed by atoms with Gasteiger partial charge in [0.15, 0.2) is 0 Å². The first-order valence-electron chi connectivity index (χ1n) is 7.55. The molecule has 0 aromatic carbocycles. The number of halogens is 3. The minimum Gasteiger partial charge on any atom is -0.481 e. The Bertz CT molecular complexity index is 626. The summed E-state index contributed by atoms with van der Waals surface area (Å²) in [6, 6.07) is 2.15. The minimum absolute atomic E-state index is 0.155. The summed E-state index contributed by atoms with van der Waals surface area (Å²) < 4.78 is 43.2. The van der Waals surface area contributed by atoms with Gasteiger partial charge in [-0.15, -0.1) is 0 Å². The second kappa shape index (κ2) is 6.08. The molecule has 1 aromatic rings. The monoisotopic (exact) mass is 346 g/mol. The minimum atomic E-state index is -4.25. The SMILES string of the molecule is COc1ccc([N+](=O)[O-])c(N2CC3CCC(C2)N3CC(F)(F)F)n1. The van der Waals surface area contributed by atoms with E-state index >= 15 is 0 Å². The lowest BCUT2D eigenvalue weighted by molar-refractivity contribution is -0.384. The fraction of sp³-hybridized carbons (Fsp3) is 0.643. The maximum absolute atomic E-state index is 12.7. The molecular weight excluding hydrogens is 329 g/mol. The highest BCUT2D eigenvalue weighted by Crippen LogP contribution is 2.37. The molecule has 132 valence electrons. The smallest absolute Gasteiger partial charge is 0.401 e. The normalized spacial score (nSPS) is 24.2. The number of hydrogen-bond donors (Lipinski definition) is 0. The van der Waals surface area contributed by atoms with Crippen molar-refractivity contribution in [3.63, 3.8) is 0 Å². The summed E-state index contributed by atoms with van der Waals surface area (Å²) in [7, 11) is 1.41. The Labute approximate surface area is 136 Å². The zero-order valence-electron chi connectivity index (χ0n) is 13.0. The third kappa shape index (κ3) is 3.23. The van der Waals surface area contributed by atoms with E-state index < -0.39 is 17.6 Å². The third-order valence-corrected chi connectivity index (χ3v) is 4.53. The highest BCUT2D eigenvalue weighted by Gasteiger charge is 2.46. The molecule has 2 unspecified atom stereocenters. The predicted molar refractivity (Wildman–Crippen MR) is 79.2 cm³/mol. The van der Waals surface area contributed by atoms with Crippen LogP contribution in [0.3, 0.4) is 0 Å². The molecule has 0 amide bonds. The zero-order valence-corrected chi connectivity index (χ0v) is 13.0. The summed E-state index contributed by atoms with van der Waals surface area (Å²) in [5.74, 6) is 0.392. The van der Waals surface area contributed by atoms with Gasteiger partial charge in [0.1, 0.15) is 0 Å². The molecule has 3 rings (SSSR count). The van der Waals surface area contributed by atoms with Crippen LogP contribution in [0, 0.1) is 10.1 Å². The predicted octanol–water partition coefficient (Wildman–Crippen LogP) is 2.21. The highest BCUT2D eigenvalue weighted by atomic mass is 19.4. The van der Waals surface area contributed by atoms with Gasteiger partial charge in [0.2, 0.25) is 11.7 Å². The van der Waals surface area contributed by atoms with Gasteiger partial charge in [0.05, 0.1) is 18.6 Å². The Morgan fingerprint density at radius 1 is 1.33 bits per heavy atom. The van der Waals surface area contributed by atoms with E-state index in [-0.39, 0.29) is 42.6 Å². The van der Waals surface area contributed by atoms with Crippen LogP contribution in [0.15, 0.2) is 12.1 Å². The van der Waals surface area contributed by atoms with Crippen molar-refractivity contribution in [2.75, 3.05) is 31.6 Å². The molecule has 10 heteroatoms. The Morgan fingerprint density at radius 2 is 1.96 bits per heavy atom. The van der Waals surface area contributed by atoms with E-state index in [1.807, 2.05) is 0 Å². The fourth-order valence-electron chi connectivity index (χ4n) is 3.54. The Morgan fingerprint density at radius 3 is 2.46 bits per heavy atom. The maximum atomic E-state index is 12.7.